The molecule has 3 N–H and O–H groups in total. The van der Waals surface area contributed by atoms with E-state index >= 15 is 0 Å². The molecule has 1 amide bonds. The van der Waals surface area contributed by atoms with Gasteiger partial charge < -0.3 is 15.7 Å². The van der Waals surface area contributed by atoms with Crippen molar-refractivity contribution in [3.05, 3.63) is 35.9 Å². The first-order chi connectivity index (χ1) is 11.4. The van der Waals surface area contributed by atoms with E-state index in [9.17, 15) is 9.90 Å². The summed E-state index contributed by atoms with van der Waals surface area (Å²) in [5.74, 6) is 0.550. The van der Waals surface area contributed by atoms with Crippen molar-refractivity contribution >= 4 is 5.91 Å². The van der Waals surface area contributed by atoms with Crippen LogP contribution in [0.2, 0.25) is 0 Å². The zero-order valence-corrected chi connectivity index (χ0v) is 14.9. The number of nitrogens with zero attached hydrogens (tertiary/aromatic N) is 1. The van der Waals surface area contributed by atoms with Crippen molar-refractivity contribution in [1.29, 1.82) is 0 Å². The standard InChI is InChI=1S/C20H30N2O2/c1-15(2)19(9-8-17(21)14-19)18(23)22-12-10-20(24,11-13-22)16-6-4-3-5-7-16/h3-7,15,17,24H,8-14,21H2,1-2H3/t17-,19+/m1/s1. The molecule has 1 heterocycles. The van der Waals surface area contributed by atoms with Crippen LogP contribution >= 0.6 is 0 Å². The number of rotatable bonds is 3. The number of amides is 1. The van der Waals surface area contributed by atoms with Crippen molar-refractivity contribution in [1.82, 2.24) is 4.90 Å². The number of hydrogen-bond donors (Lipinski definition) is 2. The highest BCUT2D eigenvalue weighted by Crippen LogP contribution is 2.46. The number of nitrogens with two attached hydrogens (primary N) is 1. The van der Waals surface area contributed by atoms with Crippen LogP contribution in [-0.2, 0) is 10.4 Å². The third kappa shape index (κ3) is 2.98. The highest BCUT2D eigenvalue weighted by atomic mass is 16.3. The van der Waals surface area contributed by atoms with E-state index in [0.717, 1.165) is 24.8 Å². The second-order valence-corrected chi connectivity index (χ2v) is 8.00. The molecule has 1 aromatic rings. The van der Waals surface area contributed by atoms with Crippen molar-refractivity contribution in [3.8, 4) is 0 Å². The molecular weight excluding hydrogens is 300 g/mol. The molecule has 0 bridgehead atoms. The molecule has 2 fully saturated rings. The summed E-state index contributed by atoms with van der Waals surface area (Å²) in [5.41, 5.74) is 5.97. The Morgan fingerprint density at radius 2 is 1.83 bits per heavy atom. The van der Waals surface area contributed by atoms with Crippen LogP contribution in [0.5, 0.6) is 0 Å². The van der Waals surface area contributed by atoms with Crippen LogP contribution in [0.4, 0.5) is 0 Å². The Labute approximate surface area is 145 Å². The molecule has 1 aliphatic carbocycles. The maximum Gasteiger partial charge on any atom is 0.229 e. The molecule has 1 saturated carbocycles. The lowest BCUT2D eigenvalue weighted by Gasteiger charge is -2.43. The summed E-state index contributed by atoms with van der Waals surface area (Å²) in [7, 11) is 0. The Morgan fingerprint density at radius 3 is 2.33 bits per heavy atom. The number of piperidine rings is 1. The van der Waals surface area contributed by atoms with Gasteiger partial charge >= 0.3 is 0 Å². The molecule has 4 nitrogen and oxygen atoms in total. The molecule has 2 aliphatic rings. The lowest BCUT2D eigenvalue weighted by molar-refractivity contribution is -0.149. The highest BCUT2D eigenvalue weighted by molar-refractivity contribution is 5.83. The number of carbonyl (C=O) groups excluding carboxylic acids is 1. The molecular formula is C20H30N2O2. The second kappa shape index (κ2) is 6.49. The molecule has 0 radical (unpaired) electrons. The number of likely N-dealkylation sites (tertiary alicyclic amines) is 1. The van der Waals surface area contributed by atoms with Gasteiger partial charge in [-0.25, -0.2) is 0 Å². The van der Waals surface area contributed by atoms with Gasteiger partial charge in [0.15, 0.2) is 0 Å². The zero-order valence-electron chi connectivity index (χ0n) is 14.9. The first-order valence-corrected chi connectivity index (χ1v) is 9.20. The van der Waals surface area contributed by atoms with Gasteiger partial charge in [0.25, 0.3) is 0 Å². The topological polar surface area (TPSA) is 66.6 Å². The summed E-state index contributed by atoms with van der Waals surface area (Å²) in [4.78, 5) is 15.2. The van der Waals surface area contributed by atoms with Crippen LogP contribution in [0, 0.1) is 11.3 Å². The van der Waals surface area contributed by atoms with Crippen molar-refractivity contribution in [2.75, 3.05) is 13.1 Å². The zero-order chi connectivity index (χ0) is 17.4. The van der Waals surface area contributed by atoms with Crippen LogP contribution < -0.4 is 5.73 Å². The van der Waals surface area contributed by atoms with E-state index < -0.39 is 5.60 Å². The number of aliphatic hydroxyl groups is 1. The van der Waals surface area contributed by atoms with E-state index in [1.807, 2.05) is 35.2 Å². The van der Waals surface area contributed by atoms with Crippen LogP contribution in [0.25, 0.3) is 0 Å². The molecule has 1 aliphatic heterocycles. The number of benzene rings is 1. The highest BCUT2D eigenvalue weighted by Gasteiger charge is 2.49. The first kappa shape index (κ1) is 17.4. The first-order valence-electron chi connectivity index (χ1n) is 9.20. The predicted octanol–water partition coefficient (Wildman–Crippen LogP) is 2.65. The monoisotopic (exact) mass is 330 g/mol. The lowest BCUT2D eigenvalue weighted by Crippen LogP contribution is -2.51. The maximum atomic E-state index is 13.2. The normalized spacial score (nSPS) is 29.9. The Balaban J connectivity index is 1.71. The Morgan fingerprint density at radius 1 is 1.21 bits per heavy atom. The molecule has 24 heavy (non-hydrogen) atoms. The number of carbonyl (C=O) groups is 1. The average Bonchev–Trinajstić information content (AvgIpc) is 2.99. The Hall–Kier alpha value is -1.39. The van der Waals surface area contributed by atoms with Gasteiger partial charge in [-0.15, -0.1) is 0 Å². The van der Waals surface area contributed by atoms with E-state index in [0.29, 0.717) is 31.8 Å². The summed E-state index contributed by atoms with van der Waals surface area (Å²) in [5, 5.41) is 11.0. The second-order valence-electron chi connectivity index (χ2n) is 8.00. The van der Waals surface area contributed by atoms with Gasteiger partial charge in [-0.1, -0.05) is 44.2 Å². The predicted molar refractivity (Wildman–Crippen MR) is 95.3 cm³/mol. The lowest BCUT2D eigenvalue weighted by atomic mass is 9.73. The fourth-order valence-electron chi connectivity index (χ4n) is 4.51. The summed E-state index contributed by atoms with van der Waals surface area (Å²) in [6, 6.07) is 9.96. The van der Waals surface area contributed by atoms with Gasteiger partial charge in [-0.3, -0.25) is 4.79 Å². The van der Waals surface area contributed by atoms with Gasteiger partial charge in [0, 0.05) is 19.1 Å². The molecule has 2 atom stereocenters. The molecule has 3 rings (SSSR count). The van der Waals surface area contributed by atoms with E-state index in [4.69, 9.17) is 5.73 Å². The maximum absolute atomic E-state index is 13.2. The van der Waals surface area contributed by atoms with Crippen LogP contribution in [0.1, 0.15) is 51.5 Å². The van der Waals surface area contributed by atoms with Gasteiger partial charge in [0.1, 0.15) is 0 Å². The Kier molecular flexibility index (Phi) is 4.71. The van der Waals surface area contributed by atoms with Gasteiger partial charge in [0.2, 0.25) is 5.91 Å². The summed E-state index contributed by atoms with van der Waals surface area (Å²) in [6.07, 6.45) is 3.82. The van der Waals surface area contributed by atoms with Crippen LogP contribution in [-0.4, -0.2) is 35.0 Å². The number of hydrogen-bond acceptors (Lipinski definition) is 3. The third-order valence-corrected chi connectivity index (χ3v) is 6.31. The van der Waals surface area contributed by atoms with Crippen molar-refractivity contribution in [2.24, 2.45) is 17.1 Å². The molecule has 4 heteroatoms. The molecule has 132 valence electrons. The molecule has 0 aromatic heterocycles. The van der Waals surface area contributed by atoms with Gasteiger partial charge in [-0.05, 0) is 43.6 Å². The van der Waals surface area contributed by atoms with E-state index in [2.05, 4.69) is 13.8 Å². The van der Waals surface area contributed by atoms with Crippen molar-refractivity contribution < 1.29 is 9.90 Å². The SMILES string of the molecule is CC(C)[C@]1(C(=O)N2CCC(O)(c3ccccc3)CC2)CC[C@@H](N)C1. The third-order valence-electron chi connectivity index (χ3n) is 6.31. The summed E-state index contributed by atoms with van der Waals surface area (Å²) in [6.45, 7) is 5.52. The fourth-order valence-corrected chi connectivity index (χ4v) is 4.51. The van der Waals surface area contributed by atoms with Crippen LogP contribution in [0.3, 0.4) is 0 Å². The molecule has 1 aromatic carbocycles. The van der Waals surface area contributed by atoms with E-state index in [1.165, 1.54) is 0 Å². The largest absolute Gasteiger partial charge is 0.385 e. The summed E-state index contributed by atoms with van der Waals surface area (Å²) >= 11 is 0. The Bertz CT molecular complexity index is 579. The molecule has 1 saturated heterocycles. The van der Waals surface area contributed by atoms with E-state index in [-0.39, 0.29) is 17.4 Å². The average molecular weight is 330 g/mol. The van der Waals surface area contributed by atoms with E-state index in [1.54, 1.807) is 0 Å². The smallest absolute Gasteiger partial charge is 0.229 e. The van der Waals surface area contributed by atoms with Gasteiger partial charge in [0.05, 0.1) is 11.0 Å². The minimum atomic E-state index is -0.810. The van der Waals surface area contributed by atoms with Gasteiger partial charge in [-0.2, -0.15) is 0 Å². The van der Waals surface area contributed by atoms with Crippen molar-refractivity contribution in [2.45, 2.75) is 57.6 Å². The minimum absolute atomic E-state index is 0.141. The fraction of sp³-hybridized carbons (Fsp3) is 0.650. The van der Waals surface area contributed by atoms with Crippen molar-refractivity contribution in [3.63, 3.8) is 0 Å². The minimum Gasteiger partial charge on any atom is -0.385 e. The summed E-state index contributed by atoms with van der Waals surface area (Å²) < 4.78 is 0. The quantitative estimate of drug-likeness (QED) is 0.895. The molecule has 0 unspecified atom stereocenters. The molecule has 0 spiro atoms. The van der Waals surface area contributed by atoms with Crippen LogP contribution in [0.15, 0.2) is 30.3 Å².